The van der Waals surface area contributed by atoms with E-state index in [0.29, 0.717) is 23.3 Å². The van der Waals surface area contributed by atoms with Crippen molar-refractivity contribution in [2.75, 3.05) is 7.05 Å². The van der Waals surface area contributed by atoms with Crippen molar-refractivity contribution >= 4 is 5.91 Å². The van der Waals surface area contributed by atoms with Crippen molar-refractivity contribution in [2.45, 2.75) is 38.1 Å². The Balaban J connectivity index is 1.73. The molecule has 106 valence electrons. The summed E-state index contributed by atoms with van der Waals surface area (Å²) in [6.45, 7) is 0. The van der Waals surface area contributed by atoms with Gasteiger partial charge in [-0.3, -0.25) is 4.79 Å². The molecule has 3 rings (SSSR count). The van der Waals surface area contributed by atoms with Crippen molar-refractivity contribution in [3.8, 4) is 11.5 Å². The number of nitrogens with zero attached hydrogens (tertiary/aromatic N) is 2. The molecule has 0 aliphatic heterocycles. The standard InChI is InChI=1S/C15H18N2O3/c1-17(11-6-3-2-4-7-11)15(18)12-10-14(20-16-12)13-8-5-9-19-13/h5,8-11H,2-4,6-7H2,1H3. The minimum absolute atomic E-state index is 0.0848. The van der Waals surface area contributed by atoms with Crippen molar-refractivity contribution in [2.24, 2.45) is 0 Å². The van der Waals surface area contributed by atoms with Gasteiger partial charge in [0.1, 0.15) is 0 Å². The fourth-order valence-electron chi connectivity index (χ4n) is 2.73. The molecule has 0 radical (unpaired) electrons. The Kier molecular flexibility index (Phi) is 3.58. The second kappa shape index (κ2) is 5.53. The zero-order chi connectivity index (χ0) is 13.9. The molecule has 0 spiro atoms. The number of hydrogen-bond donors (Lipinski definition) is 0. The Morgan fingerprint density at radius 2 is 2.10 bits per heavy atom. The maximum absolute atomic E-state index is 12.4. The summed E-state index contributed by atoms with van der Waals surface area (Å²) < 4.78 is 10.4. The molecule has 2 aromatic rings. The smallest absolute Gasteiger partial charge is 0.276 e. The first kappa shape index (κ1) is 13.0. The van der Waals surface area contributed by atoms with Crippen LogP contribution in [0.3, 0.4) is 0 Å². The van der Waals surface area contributed by atoms with Crippen LogP contribution < -0.4 is 0 Å². The zero-order valence-electron chi connectivity index (χ0n) is 11.5. The Bertz CT molecular complexity index is 568. The molecule has 0 aromatic carbocycles. The summed E-state index contributed by atoms with van der Waals surface area (Å²) in [5, 5.41) is 3.86. The van der Waals surface area contributed by atoms with Crippen LogP contribution in [0.4, 0.5) is 0 Å². The lowest BCUT2D eigenvalue weighted by atomic mass is 9.94. The molecule has 1 fully saturated rings. The van der Waals surface area contributed by atoms with E-state index in [2.05, 4.69) is 5.16 Å². The minimum Gasteiger partial charge on any atom is -0.461 e. The van der Waals surface area contributed by atoms with Crippen LogP contribution in [0.15, 0.2) is 33.4 Å². The van der Waals surface area contributed by atoms with E-state index in [1.807, 2.05) is 7.05 Å². The molecular weight excluding hydrogens is 256 g/mol. The average Bonchev–Trinajstić information content (AvgIpc) is 3.17. The molecule has 1 aliphatic carbocycles. The quantitative estimate of drug-likeness (QED) is 0.861. The van der Waals surface area contributed by atoms with Crippen LogP contribution >= 0.6 is 0 Å². The van der Waals surface area contributed by atoms with Gasteiger partial charge >= 0.3 is 0 Å². The highest BCUT2D eigenvalue weighted by atomic mass is 16.5. The third kappa shape index (κ3) is 2.48. The Morgan fingerprint density at radius 3 is 2.80 bits per heavy atom. The largest absolute Gasteiger partial charge is 0.461 e. The highest BCUT2D eigenvalue weighted by Crippen LogP contribution is 2.24. The molecule has 0 saturated heterocycles. The van der Waals surface area contributed by atoms with E-state index in [1.165, 1.54) is 19.3 Å². The third-order valence-corrected chi connectivity index (χ3v) is 3.94. The number of amides is 1. The van der Waals surface area contributed by atoms with Gasteiger partial charge < -0.3 is 13.8 Å². The maximum Gasteiger partial charge on any atom is 0.276 e. The second-order valence-corrected chi connectivity index (χ2v) is 5.26. The summed E-state index contributed by atoms with van der Waals surface area (Å²) in [5.74, 6) is 0.978. The number of carbonyl (C=O) groups is 1. The second-order valence-electron chi connectivity index (χ2n) is 5.26. The predicted molar refractivity (Wildman–Crippen MR) is 73.2 cm³/mol. The fourth-order valence-corrected chi connectivity index (χ4v) is 2.73. The van der Waals surface area contributed by atoms with Crippen LogP contribution in [-0.2, 0) is 0 Å². The van der Waals surface area contributed by atoms with Gasteiger partial charge in [-0.15, -0.1) is 0 Å². The van der Waals surface area contributed by atoms with Gasteiger partial charge in [-0.05, 0) is 25.0 Å². The molecule has 1 aliphatic rings. The Morgan fingerprint density at radius 1 is 1.30 bits per heavy atom. The van der Waals surface area contributed by atoms with Crippen molar-refractivity contribution in [1.82, 2.24) is 10.1 Å². The number of aromatic nitrogens is 1. The summed E-state index contributed by atoms with van der Waals surface area (Å²) in [6.07, 6.45) is 7.37. The topological polar surface area (TPSA) is 59.5 Å². The third-order valence-electron chi connectivity index (χ3n) is 3.94. The van der Waals surface area contributed by atoms with E-state index < -0.39 is 0 Å². The molecule has 0 atom stereocenters. The van der Waals surface area contributed by atoms with Crippen LogP contribution in [0.1, 0.15) is 42.6 Å². The highest BCUT2D eigenvalue weighted by molar-refractivity contribution is 5.93. The summed E-state index contributed by atoms with van der Waals surface area (Å²) in [4.78, 5) is 14.2. The first-order valence-electron chi connectivity index (χ1n) is 7.03. The fraction of sp³-hybridized carbons (Fsp3) is 0.467. The molecule has 5 nitrogen and oxygen atoms in total. The molecule has 0 unspecified atom stereocenters. The maximum atomic E-state index is 12.4. The van der Waals surface area contributed by atoms with E-state index in [9.17, 15) is 4.79 Å². The monoisotopic (exact) mass is 274 g/mol. The molecule has 0 bridgehead atoms. The highest BCUT2D eigenvalue weighted by Gasteiger charge is 2.25. The van der Waals surface area contributed by atoms with Crippen molar-refractivity contribution in [3.63, 3.8) is 0 Å². The number of carbonyl (C=O) groups excluding carboxylic acids is 1. The number of rotatable bonds is 3. The van der Waals surface area contributed by atoms with E-state index in [4.69, 9.17) is 8.94 Å². The number of hydrogen-bond acceptors (Lipinski definition) is 4. The minimum atomic E-state index is -0.0848. The lowest BCUT2D eigenvalue weighted by Crippen LogP contribution is -2.38. The average molecular weight is 274 g/mol. The lowest BCUT2D eigenvalue weighted by molar-refractivity contribution is 0.0686. The SMILES string of the molecule is CN(C(=O)c1cc(-c2ccco2)on1)C1CCCCC1. The van der Waals surface area contributed by atoms with E-state index in [1.54, 1.807) is 29.4 Å². The van der Waals surface area contributed by atoms with E-state index >= 15 is 0 Å². The molecule has 1 amide bonds. The van der Waals surface area contributed by atoms with Crippen molar-refractivity contribution < 1.29 is 13.7 Å². The summed E-state index contributed by atoms with van der Waals surface area (Å²) in [5.41, 5.74) is 0.337. The first-order valence-corrected chi connectivity index (χ1v) is 7.03. The molecule has 2 aromatic heterocycles. The van der Waals surface area contributed by atoms with Gasteiger partial charge in [0.05, 0.1) is 6.26 Å². The van der Waals surface area contributed by atoms with Gasteiger partial charge in [-0.1, -0.05) is 24.4 Å². The van der Waals surface area contributed by atoms with Crippen LogP contribution in [0.2, 0.25) is 0 Å². The first-order chi connectivity index (χ1) is 9.75. The zero-order valence-corrected chi connectivity index (χ0v) is 11.5. The summed E-state index contributed by atoms with van der Waals surface area (Å²) in [7, 11) is 1.85. The summed E-state index contributed by atoms with van der Waals surface area (Å²) in [6, 6.07) is 5.51. The van der Waals surface area contributed by atoms with Gasteiger partial charge in [0.2, 0.25) is 5.76 Å². The van der Waals surface area contributed by atoms with Gasteiger partial charge in [0, 0.05) is 19.2 Å². The molecule has 0 N–H and O–H groups in total. The van der Waals surface area contributed by atoms with Crippen LogP contribution in [0.5, 0.6) is 0 Å². The molecule has 20 heavy (non-hydrogen) atoms. The normalized spacial score (nSPS) is 16.2. The molecule has 1 saturated carbocycles. The van der Waals surface area contributed by atoms with Crippen LogP contribution in [0.25, 0.3) is 11.5 Å². The van der Waals surface area contributed by atoms with E-state index in [0.717, 1.165) is 12.8 Å². The van der Waals surface area contributed by atoms with Gasteiger partial charge in [-0.25, -0.2) is 0 Å². The van der Waals surface area contributed by atoms with Crippen LogP contribution in [0, 0.1) is 0 Å². The Hall–Kier alpha value is -2.04. The Labute approximate surface area is 117 Å². The lowest BCUT2D eigenvalue weighted by Gasteiger charge is -2.30. The molecular formula is C15H18N2O3. The van der Waals surface area contributed by atoms with Crippen LogP contribution in [-0.4, -0.2) is 29.1 Å². The van der Waals surface area contributed by atoms with Gasteiger partial charge in [0.25, 0.3) is 5.91 Å². The molecule has 2 heterocycles. The summed E-state index contributed by atoms with van der Waals surface area (Å²) >= 11 is 0. The van der Waals surface area contributed by atoms with E-state index in [-0.39, 0.29) is 5.91 Å². The number of furan rings is 1. The predicted octanol–water partition coefficient (Wildman–Crippen LogP) is 3.34. The van der Waals surface area contributed by atoms with Gasteiger partial charge in [-0.2, -0.15) is 0 Å². The van der Waals surface area contributed by atoms with Crippen molar-refractivity contribution in [3.05, 3.63) is 30.2 Å². The van der Waals surface area contributed by atoms with Gasteiger partial charge in [0.15, 0.2) is 11.5 Å². The van der Waals surface area contributed by atoms with Crippen molar-refractivity contribution in [1.29, 1.82) is 0 Å². The molecule has 5 heteroatoms.